The molecule has 0 aliphatic heterocycles. The molecular weight excluding hydrogens is 390 g/mol. The molecule has 6 heteroatoms. The lowest BCUT2D eigenvalue weighted by atomic mass is 10.1. The highest BCUT2D eigenvalue weighted by Crippen LogP contribution is 2.39. The van der Waals surface area contributed by atoms with Crippen molar-refractivity contribution in [3.8, 4) is 23.0 Å². The number of rotatable bonds is 6. The summed E-state index contributed by atoms with van der Waals surface area (Å²) in [5.41, 5.74) is 3.97. The summed E-state index contributed by atoms with van der Waals surface area (Å²) < 4.78 is 17.0. The Morgan fingerprint density at radius 1 is 0.871 bits per heavy atom. The quantitative estimate of drug-likeness (QED) is 0.436. The summed E-state index contributed by atoms with van der Waals surface area (Å²) >= 11 is 0. The summed E-state index contributed by atoms with van der Waals surface area (Å²) in [5, 5.41) is 4.32. The number of anilines is 2. The number of allylic oxidation sites excluding steroid dienone is 1. The lowest BCUT2D eigenvalue weighted by Gasteiger charge is -2.16. The maximum absolute atomic E-state index is 6.13. The van der Waals surface area contributed by atoms with Gasteiger partial charge in [0.05, 0.1) is 19.7 Å². The first-order valence-corrected chi connectivity index (χ1v) is 9.96. The van der Waals surface area contributed by atoms with Gasteiger partial charge in [0.1, 0.15) is 23.6 Å². The van der Waals surface area contributed by atoms with Crippen molar-refractivity contribution >= 4 is 28.5 Å². The summed E-state index contributed by atoms with van der Waals surface area (Å²) in [6.45, 7) is 0. The normalized spacial score (nSPS) is 11.9. The molecule has 0 fully saturated rings. The average Bonchev–Trinajstić information content (AvgIpc) is 3.31. The van der Waals surface area contributed by atoms with Crippen molar-refractivity contribution in [1.82, 2.24) is 9.97 Å². The van der Waals surface area contributed by atoms with E-state index in [1.54, 1.807) is 20.5 Å². The second-order valence-corrected chi connectivity index (χ2v) is 7.10. The molecule has 0 saturated carbocycles. The number of para-hydroxylation sites is 1. The van der Waals surface area contributed by atoms with Crippen LogP contribution in [0.5, 0.6) is 23.0 Å². The third-order valence-corrected chi connectivity index (χ3v) is 5.29. The van der Waals surface area contributed by atoms with E-state index >= 15 is 0 Å². The van der Waals surface area contributed by atoms with Gasteiger partial charge in [0.2, 0.25) is 0 Å². The van der Waals surface area contributed by atoms with Crippen molar-refractivity contribution in [3.63, 3.8) is 0 Å². The Morgan fingerprint density at radius 3 is 2.48 bits per heavy atom. The zero-order chi connectivity index (χ0) is 21.2. The number of aromatic nitrogens is 2. The van der Waals surface area contributed by atoms with Crippen molar-refractivity contribution in [2.75, 3.05) is 19.5 Å². The van der Waals surface area contributed by atoms with Gasteiger partial charge in [-0.15, -0.1) is 0 Å². The Hall–Kier alpha value is -4.06. The molecule has 4 aromatic rings. The Bertz CT molecular complexity index is 1290. The zero-order valence-corrected chi connectivity index (χ0v) is 17.3. The molecule has 5 rings (SSSR count). The number of benzene rings is 3. The minimum absolute atomic E-state index is 0.629. The van der Waals surface area contributed by atoms with Gasteiger partial charge in [-0.2, -0.15) is 0 Å². The molecule has 0 bridgehead atoms. The van der Waals surface area contributed by atoms with E-state index in [1.165, 1.54) is 0 Å². The minimum Gasteiger partial charge on any atom is -0.493 e. The third-order valence-electron chi connectivity index (χ3n) is 5.29. The fraction of sp³-hybridized carbons (Fsp3) is 0.120. The Morgan fingerprint density at radius 2 is 1.68 bits per heavy atom. The average molecular weight is 411 g/mol. The molecular formula is C25H21N3O3. The highest BCUT2D eigenvalue weighted by Gasteiger charge is 2.18. The van der Waals surface area contributed by atoms with Gasteiger partial charge in [-0.1, -0.05) is 30.4 Å². The van der Waals surface area contributed by atoms with Crippen molar-refractivity contribution in [2.24, 2.45) is 0 Å². The molecule has 0 saturated heterocycles. The number of hydrogen-bond acceptors (Lipinski definition) is 6. The number of nitrogens with one attached hydrogen (secondary N) is 1. The van der Waals surface area contributed by atoms with E-state index in [9.17, 15) is 0 Å². The molecule has 1 aliphatic rings. The Labute approximate surface area is 180 Å². The smallest absolute Gasteiger partial charge is 0.162 e. The Balaban J connectivity index is 1.53. The van der Waals surface area contributed by atoms with Gasteiger partial charge in [-0.25, -0.2) is 9.97 Å². The summed E-state index contributed by atoms with van der Waals surface area (Å²) in [6, 6.07) is 17.6. The third kappa shape index (κ3) is 3.53. The number of methoxy groups -OCH3 is 2. The molecule has 1 aromatic heterocycles. The van der Waals surface area contributed by atoms with Gasteiger partial charge >= 0.3 is 0 Å². The van der Waals surface area contributed by atoms with E-state index in [4.69, 9.17) is 14.2 Å². The van der Waals surface area contributed by atoms with Crippen LogP contribution >= 0.6 is 0 Å². The van der Waals surface area contributed by atoms with Crippen LogP contribution in [0.3, 0.4) is 0 Å². The largest absolute Gasteiger partial charge is 0.493 e. The summed E-state index contributed by atoms with van der Waals surface area (Å²) in [5.74, 6) is 3.64. The van der Waals surface area contributed by atoms with Crippen LogP contribution in [0.4, 0.5) is 11.5 Å². The first-order valence-electron chi connectivity index (χ1n) is 9.96. The Kier molecular flexibility index (Phi) is 4.88. The predicted octanol–water partition coefficient (Wildman–Crippen LogP) is 5.75. The fourth-order valence-electron chi connectivity index (χ4n) is 3.77. The standard InChI is InChI=1S/C25H21N3O3/c1-29-23-13-19-21(14-24(23)30-2)26-15-27-25(19)28-20-11-12-22(18-10-6-9-17(18)20)31-16-7-4-3-5-8-16/h3-9,11-15H,10H2,1-2H3,(H,26,27,28). The van der Waals surface area contributed by atoms with Crippen LogP contribution in [-0.2, 0) is 6.42 Å². The van der Waals surface area contributed by atoms with E-state index in [-0.39, 0.29) is 0 Å². The molecule has 0 spiro atoms. The van der Waals surface area contributed by atoms with Crippen LogP contribution in [0, 0.1) is 0 Å². The van der Waals surface area contributed by atoms with Gasteiger partial charge in [-0.3, -0.25) is 0 Å². The van der Waals surface area contributed by atoms with Crippen molar-refractivity contribution in [1.29, 1.82) is 0 Å². The zero-order valence-electron chi connectivity index (χ0n) is 17.3. The molecule has 1 heterocycles. The molecule has 31 heavy (non-hydrogen) atoms. The lowest BCUT2D eigenvalue weighted by Crippen LogP contribution is -2.01. The molecule has 0 amide bonds. The molecule has 6 nitrogen and oxygen atoms in total. The van der Waals surface area contributed by atoms with E-state index < -0.39 is 0 Å². The molecule has 1 aliphatic carbocycles. The van der Waals surface area contributed by atoms with Gasteiger partial charge in [0, 0.05) is 28.3 Å². The second-order valence-electron chi connectivity index (χ2n) is 7.10. The van der Waals surface area contributed by atoms with Crippen LogP contribution in [0.2, 0.25) is 0 Å². The molecule has 3 aromatic carbocycles. The minimum atomic E-state index is 0.629. The lowest BCUT2D eigenvalue weighted by molar-refractivity contribution is 0.356. The van der Waals surface area contributed by atoms with Crippen molar-refractivity contribution in [3.05, 3.63) is 78.1 Å². The van der Waals surface area contributed by atoms with Crippen molar-refractivity contribution < 1.29 is 14.2 Å². The number of fused-ring (bicyclic) bond motifs is 2. The molecule has 0 radical (unpaired) electrons. The SMILES string of the molecule is COc1cc2ncnc(Nc3ccc(Oc4ccccc4)c4c3C=CC4)c2cc1OC. The van der Waals surface area contributed by atoms with Crippen LogP contribution in [0.15, 0.2) is 67.0 Å². The maximum atomic E-state index is 6.13. The number of nitrogens with zero attached hydrogens (tertiary/aromatic N) is 2. The highest BCUT2D eigenvalue weighted by molar-refractivity contribution is 5.94. The van der Waals surface area contributed by atoms with E-state index in [0.29, 0.717) is 17.3 Å². The molecule has 0 atom stereocenters. The molecule has 154 valence electrons. The summed E-state index contributed by atoms with van der Waals surface area (Å²) in [6.07, 6.45) is 6.62. The molecule has 0 unspecified atom stereocenters. The highest BCUT2D eigenvalue weighted by atomic mass is 16.5. The van der Waals surface area contributed by atoms with Gasteiger partial charge in [0.15, 0.2) is 11.5 Å². The van der Waals surface area contributed by atoms with Crippen LogP contribution in [0.1, 0.15) is 11.1 Å². The van der Waals surface area contributed by atoms with E-state index in [2.05, 4.69) is 27.4 Å². The number of ether oxygens (including phenoxy) is 3. The van der Waals surface area contributed by atoms with Crippen LogP contribution in [0.25, 0.3) is 17.0 Å². The van der Waals surface area contributed by atoms with Crippen molar-refractivity contribution in [2.45, 2.75) is 6.42 Å². The topological polar surface area (TPSA) is 65.5 Å². The fourth-order valence-corrected chi connectivity index (χ4v) is 3.77. The summed E-state index contributed by atoms with van der Waals surface area (Å²) in [4.78, 5) is 8.86. The first-order chi connectivity index (χ1) is 15.3. The number of hydrogen-bond donors (Lipinski definition) is 1. The monoisotopic (exact) mass is 411 g/mol. The van der Waals surface area contributed by atoms with Crippen LogP contribution < -0.4 is 19.5 Å². The van der Waals surface area contributed by atoms with E-state index in [0.717, 1.165) is 45.6 Å². The maximum Gasteiger partial charge on any atom is 0.162 e. The van der Waals surface area contributed by atoms with E-state index in [1.807, 2.05) is 54.6 Å². The summed E-state index contributed by atoms with van der Waals surface area (Å²) in [7, 11) is 3.22. The van der Waals surface area contributed by atoms with Crippen LogP contribution in [-0.4, -0.2) is 24.2 Å². The van der Waals surface area contributed by atoms with Gasteiger partial charge < -0.3 is 19.5 Å². The molecule has 1 N–H and O–H groups in total. The first kappa shape index (κ1) is 18.9. The predicted molar refractivity (Wildman–Crippen MR) is 122 cm³/mol. The van der Waals surface area contributed by atoms with Gasteiger partial charge in [-0.05, 0) is 36.8 Å². The second kappa shape index (κ2) is 7.99. The van der Waals surface area contributed by atoms with Gasteiger partial charge in [0.25, 0.3) is 0 Å².